The summed E-state index contributed by atoms with van der Waals surface area (Å²) < 4.78 is 16.3. The highest BCUT2D eigenvalue weighted by Crippen LogP contribution is 2.53. The Bertz CT molecular complexity index is 333. The quantitative estimate of drug-likeness (QED) is 0.680. The van der Waals surface area contributed by atoms with E-state index in [1.807, 2.05) is 0 Å². The van der Waals surface area contributed by atoms with Crippen LogP contribution in [0.15, 0.2) is 0 Å². The molecule has 0 spiro atoms. The lowest BCUT2D eigenvalue weighted by Crippen LogP contribution is -2.85. The van der Waals surface area contributed by atoms with Crippen molar-refractivity contribution in [2.24, 2.45) is 0 Å². The van der Waals surface area contributed by atoms with Crippen LogP contribution < -0.4 is 0 Å². The van der Waals surface area contributed by atoms with Crippen molar-refractivity contribution in [2.75, 3.05) is 27.4 Å². The van der Waals surface area contributed by atoms with Gasteiger partial charge in [0, 0.05) is 14.2 Å². The molecule has 120 valence electrons. The summed E-state index contributed by atoms with van der Waals surface area (Å²) in [7, 11) is 2.97. The lowest BCUT2D eigenvalue weighted by atomic mass is 9.58. The normalized spacial score (nSPS) is 53.1. The van der Waals surface area contributed by atoms with Gasteiger partial charge in [0.05, 0.1) is 13.2 Å². The monoisotopic (exact) mass is 292 g/mol. The van der Waals surface area contributed by atoms with E-state index < -0.39 is 28.0 Å². The summed E-state index contributed by atoms with van der Waals surface area (Å²) in [5.41, 5.74) is -7.71. The van der Waals surface area contributed by atoms with Crippen molar-refractivity contribution in [1.82, 2.24) is 0 Å². The Morgan fingerprint density at radius 2 is 1.00 bits per heavy atom. The maximum atomic E-state index is 10.9. The molecular formula is C14H28O6. The average Bonchev–Trinajstić information content (AvgIpc) is 2.27. The van der Waals surface area contributed by atoms with Crippen LogP contribution in [0.4, 0.5) is 0 Å². The van der Waals surface area contributed by atoms with E-state index in [0.29, 0.717) is 0 Å². The zero-order chi connectivity index (χ0) is 16.0. The van der Waals surface area contributed by atoms with E-state index in [2.05, 4.69) is 0 Å². The second-order valence-electron chi connectivity index (χ2n) is 6.65. The van der Waals surface area contributed by atoms with Crippen LogP contribution in [-0.4, -0.2) is 70.8 Å². The van der Waals surface area contributed by atoms with Crippen LogP contribution in [0.2, 0.25) is 0 Å². The minimum Gasteiger partial charge on any atom is -0.384 e. The third-order valence-electron chi connectivity index (χ3n) is 5.25. The zero-order valence-corrected chi connectivity index (χ0v) is 13.5. The molecule has 6 nitrogen and oxygen atoms in total. The Balaban J connectivity index is 3.44. The number of hydrogen-bond acceptors (Lipinski definition) is 6. The van der Waals surface area contributed by atoms with Gasteiger partial charge >= 0.3 is 0 Å². The molecule has 1 aliphatic heterocycles. The van der Waals surface area contributed by atoms with Crippen LogP contribution in [0.5, 0.6) is 0 Å². The fourth-order valence-corrected chi connectivity index (χ4v) is 3.09. The van der Waals surface area contributed by atoms with Gasteiger partial charge in [0.1, 0.15) is 28.0 Å². The molecule has 0 aromatic carbocycles. The van der Waals surface area contributed by atoms with Crippen LogP contribution >= 0.6 is 0 Å². The maximum absolute atomic E-state index is 10.9. The van der Waals surface area contributed by atoms with Gasteiger partial charge in [0.25, 0.3) is 0 Å². The van der Waals surface area contributed by atoms with Crippen LogP contribution in [0, 0.1) is 0 Å². The van der Waals surface area contributed by atoms with E-state index in [-0.39, 0.29) is 13.2 Å². The topological polar surface area (TPSA) is 88.4 Å². The van der Waals surface area contributed by atoms with Gasteiger partial charge in [-0.3, -0.25) is 0 Å². The van der Waals surface area contributed by atoms with Crippen molar-refractivity contribution >= 4 is 0 Å². The molecule has 4 unspecified atom stereocenters. The molecule has 1 rings (SSSR count). The molecule has 1 fully saturated rings. The molecule has 3 N–H and O–H groups in total. The van der Waals surface area contributed by atoms with Crippen molar-refractivity contribution in [2.45, 2.75) is 62.6 Å². The van der Waals surface area contributed by atoms with Crippen molar-refractivity contribution < 1.29 is 29.5 Å². The fraction of sp³-hybridized carbons (Fsp3) is 1.00. The fourth-order valence-electron chi connectivity index (χ4n) is 3.09. The van der Waals surface area contributed by atoms with E-state index in [0.717, 1.165) is 0 Å². The Hall–Kier alpha value is -0.240. The molecule has 4 atom stereocenters. The number of methoxy groups -OCH3 is 2. The first-order valence-corrected chi connectivity index (χ1v) is 6.68. The van der Waals surface area contributed by atoms with Gasteiger partial charge < -0.3 is 29.5 Å². The van der Waals surface area contributed by atoms with Crippen molar-refractivity contribution in [3.8, 4) is 0 Å². The van der Waals surface area contributed by atoms with Crippen molar-refractivity contribution in [3.05, 3.63) is 0 Å². The molecule has 0 saturated carbocycles. The molecule has 0 aromatic heterocycles. The molecule has 6 heteroatoms. The molecule has 0 bridgehead atoms. The van der Waals surface area contributed by atoms with Gasteiger partial charge in [-0.15, -0.1) is 0 Å². The number of ether oxygens (including phenoxy) is 3. The molecule has 1 heterocycles. The van der Waals surface area contributed by atoms with Crippen LogP contribution in [-0.2, 0) is 14.2 Å². The average molecular weight is 292 g/mol. The number of rotatable bonds is 4. The molecule has 0 aromatic rings. The highest BCUT2D eigenvalue weighted by molar-refractivity contribution is 5.23. The first-order chi connectivity index (χ1) is 8.83. The first kappa shape index (κ1) is 17.8. The minimum atomic E-state index is -1.83. The summed E-state index contributed by atoms with van der Waals surface area (Å²) in [5, 5.41) is 32.5. The Morgan fingerprint density at radius 3 is 1.25 bits per heavy atom. The lowest BCUT2D eigenvalue weighted by Gasteiger charge is -2.65. The Morgan fingerprint density at radius 1 is 0.700 bits per heavy atom. The SMILES string of the molecule is COCC1(C)OC(C)(COC)C(C)(O)C(C)(O)C1(C)O. The van der Waals surface area contributed by atoms with Gasteiger partial charge in [0.2, 0.25) is 0 Å². The first-order valence-electron chi connectivity index (χ1n) is 6.68. The zero-order valence-electron chi connectivity index (χ0n) is 13.5. The lowest BCUT2D eigenvalue weighted by molar-refractivity contribution is -0.407. The smallest absolute Gasteiger partial charge is 0.124 e. The third-order valence-corrected chi connectivity index (χ3v) is 5.25. The van der Waals surface area contributed by atoms with E-state index in [1.165, 1.54) is 35.0 Å². The van der Waals surface area contributed by atoms with Gasteiger partial charge in [-0.1, -0.05) is 0 Å². The van der Waals surface area contributed by atoms with E-state index in [9.17, 15) is 15.3 Å². The summed E-state index contributed by atoms with van der Waals surface area (Å²) in [6.07, 6.45) is 0. The molecule has 1 aliphatic rings. The van der Waals surface area contributed by atoms with Gasteiger partial charge in [-0.25, -0.2) is 0 Å². The Labute approximate surface area is 120 Å². The summed E-state index contributed by atoms with van der Waals surface area (Å²) >= 11 is 0. The minimum absolute atomic E-state index is 0.0610. The predicted octanol–water partition coefficient (Wildman–Crippen LogP) is 0.0798. The summed E-state index contributed by atoms with van der Waals surface area (Å²) in [4.78, 5) is 0. The van der Waals surface area contributed by atoms with Gasteiger partial charge in [-0.2, -0.15) is 0 Å². The second kappa shape index (κ2) is 4.90. The molecular weight excluding hydrogens is 264 g/mol. The third kappa shape index (κ3) is 2.01. The van der Waals surface area contributed by atoms with Crippen molar-refractivity contribution in [3.63, 3.8) is 0 Å². The highest BCUT2D eigenvalue weighted by Gasteiger charge is 2.73. The largest absolute Gasteiger partial charge is 0.384 e. The number of hydrogen-bond donors (Lipinski definition) is 3. The Kier molecular flexibility index (Phi) is 4.36. The second-order valence-corrected chi connectivity index (χ2v) is 6.65. The van der Waals surface area contributed by atoms with Crippen LogP contribution in [0.25, 0.3) is 0 Å². The van der Waals surface area contributed by atoms with Crippen LogP contribution in [0.1, 0.15) is 34.6 Å². The van der Waals surface area contributed by atoms with E-state index in [1.54, 1.807) is 13.8 Å². The summed E-state index contributed by atoms with van der Waals surface area (Å²) in [6, 6.07) is 0. The number of aliphatic hydroxyl groups is 3. The van der Waals surface area contributed by atoms with E-state index >= 15 is 0 Å². The summed E-state index contributed by atoms with van der Waals surface area (Å²) in [5.74, 6) is 0. The molecule has 0 radical (unpaired) electrons. The standard InChI is InChI=1S/C14H28O6/c1-10(8-18-6)12(3,15)14(5,17)13(4,16)11(2,20-10)9-19-7/h15-17H,8-9H2,1-7H3. The van der Waals surface area contributed by atoms with E-state index in [4.69, 9.17) is 14.2 Å². The van der Waals surface area contributed by atoms with Gasteiger partial charge in [0.15, 0.2) is 0 Å². The van der Waals surface area contributed by atoms with Crippen molar-refractivity contribution in [1.29, 1.82) is 0 Å². The highest BCUT2D eigenvalue weighted by atomic mass is 16.6. The van der Waals surface area contributed by atoms with Crippen LogP contribution in [0.3, 0.4) is 0 Å². The molecule has 0 aliphatic carbocycles. The van der Waals surface area contributed by atoms with Gasteiger partial charge in [-0.05, 0) is 34.6 Å². The summed E-state index contributed by atoms with van der Waals surface area (Å²) in [6.45, 7) is 7.69. The molecule has 1 saturated heterocycles. The maximum Gasteiger partial charge on any atom is 0.124 e. The molecule has 20 heavy (non-hydrogen) atoms. The predicted molar refractivity (Wildman–Crippen MR) is 73.5 cm³/mol. The molecule has 0 amide bonds.